The predicted molar refractivity (Wildman–Crippen MR) is 92.2 cm³/mol. The van der Waals surface area contributed by atoms with E-state index in [9.17, 15) is 5.11 Å². The van der Waals surface area contributed by atoms with E-state index < -0.39 is 5.60 Å². The maximum atomic E-state index is 10.4. The number of hydrogen-bond donors (Lipinski definition) is 2. The molecular formula is C18H31N3O. The SMILES string of the molecule is CC(C)CCC(C)(O)CNC1CCN(c2ccccn2)CC1. The van der Waals surface area contributed by atoms with Crippen molar-refractivity contribution in [3.05, 3.63) is 24.4 Å². The first kappa shape index (κ1) is 17.2. The van der Waals surface area contributed by atoms with Gasteiger partial charge in [-0.15, -0.1) is 0 Å². The van der Waals surface area contributed by atoms with Gasteiger partial charge in [-0.3, -0.25) is 0 Å². The molecule has 4 heteroatoms. The lowest BCUT2D eigenvalue weighted by molar-refractivity contribution is 0.0417. The Hall–Kier alpha value is -1.13. The number of nitrogens with zero attached hydrogens (tertiary/aromatic N) is 2. The Morgan fingerprint density at radius 3 is 2.68 bits per heavy atom. The zero-order valence-electron chi connectivity index (χ0n) is 14.3. The molecule has 0 aromatic carbocycles. The largest absolute Gasteiger partial charge is 0.389 e. The molecule has 2 heterocycles. The molecule has 124 valence electrons. The number of anilines is 1. The molecule has 22 heavy (non-hydrogen) atoms. The minimum Gasteiger partial charge on any atom is -0.389 e. The molecule has 2 N–H and O–H groups in total. The van der Waals surface area contributed by atoms with Crippen molar-refractivity contribution >= 4 is 5.82 Å². The van der Waals surface area contributed by atoms with Crippen molar-refractivity contribution in [2.45, 2.75) is 58.1 Å². The lowest BCUT2D eigenvalue weighted by atomic mass is 9.94. The molecule has 0 radical (unpaired) electrons. The molecule has 2 rings (SSSR count). The van der Waals surface area contributed by atoms with Crippen molar-refractivity contribution < 1.29 is 5.11 Å². The van der Waals surface area contributed by atoms with Crippen LogP contribution < -0.4 is 10.2 Å². The third kappa shape index (κ3) is 5.58. The Morgan fingerprint density at radius 1 is 1.36 bits per heavy atom. The van der Waals surface area contributed by atoms with Crippen LogP contribution in [0.1, 0.15) is 46.5 Å². The van der Waals surface area contributed by atoms with Crippen molar-refractivity contribution in [3.63, 3.8) is 0 Å². The number of aromatic nitrogens is 1. The lowest BCUT2D eigenvalue weighted by Gasteiger charge is -2.35. The molecule has 0 bridgehead atoms. The van der Waals surface area contributed by atoms with Gasteiger partial charge in [0.15, 0.2) is 0 Å². The highest BCUT2D eigenvalue weighted by molar-refractivity contribution is 5.38. The van der Waals surface area contributed by atoms with Gasteiger partial charge in [0.25, 0.3) is 0 Å². The van der Waals surface area contributed by atoms with Crippen molar-refractivity contribution in [3.8, 4) is 0 Å². The lowest BCUT2D eigenvalue weighted by Crippen LogP contribution is -2.47. The Balaban J connectivity index is 1.71. The van der Waals surface area contributed by atoms with E-state index >= 15 is 0 Å². The zero-order valence-corrected chi connectivity index (χ0v) is 14.3. The molecule has 1 aromatic heterocycles. The van der Waals surface area contributed by atoms with E-state index in [1.54, 1.807) is 0 Å². The van der Waals surface area contributed by atoms with Crippen LogP contribution in [-0.2, 0) is 0 Å². The summed E-state index contributed by atoms with van der Waals surface area (Å²) in [7, 11) is 0. The molecule has 0 spiro atoms. The Morgan fingerprint density at radius 2 is 2.09 bits per heavy atom. The molecule has 0 amide bonds. The van der Waals surface area contributed by atoms with Gasteiger partial charge in [0.05, 0.1) is 5.60 Å². The third-order valence-electron chi connectivity index (χ3n) is 4.50. The fourth-order valence-corrected chi connectivity index (χ4v) is 2.91. The van der Waals surface area contributed by atoms with Crippen LogP contribution in [0.15, 0.2) is 24.4 Å². The fourth-order valence-electron chi connectivity index (χ4n) is 2.91. The summed E-state index contributed by atoms with van der Waals surface area (Å²) in [6.07, 6.45) is 6.01. The van der Waals surface area contributed by atoms with Crippen LogP contribution in [0.4, 0.5) is 5.82 Å². The van der Waals surface area contributed by atoms with Gasteiger partial charge in [-0.05, 0) is 50.7 Å². The first-order valence-electron chi connectivity index (χ1n) is 8.58. The summed E-state index contributed by atoms with van der Waals surface area (Å²) in [6, 6.07) is 6.57. The number of nitrogens with one attached hydrogen (secondary N) is 1. The summed E-state index contributed by atoms with van der Waals surface area (Å²) in [5.41, 5.74) is -0.595. The second-order valence-electron chi connectivity index (χ2n) is 7.26. The molecule has 4 nitrogen and oxygen atoms in total. The van der Waals surface area contributed by atoms with Crippen LogP contribution in [0.25, 0.3) is 0 Å². The standard InChI is InChI=1S/C18H31N3O/c1-15(2)7-10-18(3,22)14-20-16-8-12-21(13-9-16)17-6-4-5-11-19-17/h4-6,11,15-16,20,22H,7-10,12-14H2,1-3H3. The van der Waals surface area contributed by atoms with Gasteiger partial charge in [-0.1, -0.05) is 19.9 Å². The average Bonchev–Trinajstić information content (AvgIpc) is 2.53. The maximum absolute atomic E-state index is 10.4. The molecular weight excluding hydrogens is 274 g/mol. The van der Waals surface area contributed by atoms with Crippen molar-refractivity contribution in [2.24, 2.45) is 5.92 Å². The Bertz CT molecular complexity index is 425. The van der Waals surface area contributed by atoms with Crippen molar-refractivity contribution in [1.82, 2.24) is 10.3 Å². The molecule has 1 atom stereocenters. The van der Waals surface area contributed by atoms with E-state index in [-0.39, 0.29) is 0 Å². The van der Waals surface area contributed by atoms with E-state index in [4.69, 9.17) is 0 Å². The van der Waals surface area contributed by atoms with Gasteiger partial charge in [0, 0.05) is 31.9 Å². The number of rotatable bonds is 7. The summed E-state index contributed by atoms with van der Waals surface area (Å²) in [5.74, 6) is 1.72. The monoisotopic (exact) mass is 305 g/mol. The van der Waals surface area contributed by atoms with E-state index in [1.807, 2.05) is 25.3 Å². The van der Waals surface area contributed by atoms with Crippen LogP contribution in [-0.4, -0.2) is 41.4 Å². The number of pyridine rings is 1. The van der Waals surface area contributed by atoms with Crippen LogP contribution in [0.5, 0.6) is 0 Å². The smallest absolute Gasteiger partial charge is 0.128 e. The second kappa shape index (κ2) is 7.93. The predicted octanol–water partition coefficient (Wildman–Crippen LogP) is 2.83. The van der Waals surface area contributed by atoms with Crippen molar-refractivity contribution in [2.75, 3.05) is 24.5 Å². The summed E-state index contributed by atoms with van der Waals surface area (Å²) in [5, 5.41) is 14.0. The van der Waals surface area contributed by atoms with E-state index in [1.165, 1.54) is 0 Å². The molecule has 1 saturated heterocycles. The zero-order chi connectivity index (χ0) is 16.0. The molecule has 1 aliphatic rings. The van der Waals surface area contributed by atoms with E-state index in [2.05, 4.69) is 35.1 Å². The van der Waals surface area contributed by atoms with Crippen molar-refractivity contribution in [1.29, 1.82) is 0 Å². The van der Waals surface area contributed by atoms with Gasteiger partial charge < -0.3 is 15.3 Å². The number of piperidine rings is 1. The third-order valence-corrected chi connectivity index (χ3v) is 4.50. The Labute approximate surface area is 134 Å². The van der Waals surface area contributed by atoms with Crippen LogP contribution in [0.3, 0.4) is 0 Å². The summed E-state index contributed by atoms with van der Waals surface area (Å²) in [6.45, 7) is 9.11. The minimum atomic E-state index is -0.595. The average molecular weight is 305 g/mol. The molecule has 1 aromatic rings. The fraction of sp³-hybridized carbons (Fsp3) is 0.722. The molecule has 1 aliphatic heterocycles. The number of aliphatic hydroxyl groups is 1. The normalized spacial score (nSPS) is 19.4. The van der Waals surface area contributed by atoms with E-state index in [0.717, 1.165) is 44.6 Å². The van der Waals surface area contributed by atoms with E-state index in [0.29, 0.717) is 18.5 Å². The first-order chi connectivity index (χ1) is 10.5. The molecule has 1 fully saturated rings. The summed E-state index contributed by atoms with van der Waals surface area (Å²) < 4.78 is 0. The van der Waals surface area contributed by atoms with Crippen LogP contribution >= 0.6 is 0 Å². The molecule has 1 unspecified atom stereocenters. The topological polar surface area (TPSA) is 48.4 Å². The highest BCUT2D eigenvalue weighted by Crippen LogP contribution is 2.19. The Kier molecular flexibility index (Phi) is 6.21. The summed E-state index contributed by atoms with van der Waals surface area (Å²) in [4.78, 5) is 6.76. The highest BCUT2D eigenvalue weighted by Gasteiger charge is 2.24. The first-order valence-corrected chi connectivity index (χ1v) is 8.58. The van der Waals surface area contributed by atoms with Gasteiger partial charge in [0.2, 0.25) is 0 Å². The second-order valence-corrected chi connectivity index (χ2v) is 7.26. The molecule has 0 aliphatic carbocycles. The van der Waals surface area contributed by atoms with Gasteiger partial charge in [-0.2, -0.15) is 0 Å². The van der Waals surface area contributed by atoms with Crippen LogP contribution in [0, 0.1) is 5.92 Å². The van der Waals surface area contributed by atoms with Gasteiger partial charge in [0.1, 0.15) is 5.82 Å². The number of hydrogen-bond acceptors (Lipinski definition) is 4. The summed E-state index contributed by atoms with van der Waals surface area (Å²) >= 11 is 0. The highest BCUT2D eigenvalue weighted by atomic mass is 16.3. The minimum absolute atomic E-state index is 0.505. The quantitative estimate of drug-likeness (QED) is 0.813. The maximum Gasteiger partial charge on any atom is 0.128 e. The molecule has 0 saturated carbocycles. The van der Waals surface area contributed by atoms with Crippen LogP contribution in [0.2, 0.25) is 0 Å². The van der Waals surface area contributed by atoms with Gasteiger partial charge >= 0.3 is 0 Å². The van der Waals surface area contributed by atoms with Gasteiger partial charge in [-0.25, -0.2) is 4.98 Å².